The third kappa shape index (κ3) is 3.98. The Morgan fingerprint density at radius 2 is 2.32 bits per heavy atom. The number of carbonyl (C=O) groups excluding carboxylic acids is 1. The lowest BCUT2D eigenvalue weighted by Gasteiger charge is -2.32. The summed E-state index contributed by atoms with van der Waals surface area (Å²) in [6.45, 7) is 3.54. The first kappa shape index (κ1) is 13.9. The van der Waals surface area contributed by atoms with Gasteiger partial charge < -0.3 is 9.64 Å². The van der Waals surface area contributed by atoms with E-state index in [0.717, 1.165) is 38.1 Å². The van der Waals surface area contributed by atoms with Gasteiger partial charge in [0.1, 0.15) is 5.75 Å². The first-order chi connectivity index (χ1) is 9.19. The molecule has 1 aromatic rings. The fraction of sp³-hybridized carbons (Fsp3) is 0.562. The molecular formula is C16H23NO2. The molecule has 1 saturated heterocycles. The van der Waals surface area contributed by atoms with Crippen LogP contribution >= 0.6 is 0 Å². The average Bonchev–Trinajstić information content (AvgIpc) is 2.45. The third-order valence-corrected chi connectivity index (χ3v) is 3.94. The Labute approximate surface area is 115 Å². The van der Waals surface area contributed by atoms with Crippen LogP contribution < -0.4 is 4.74 Å². The number of likely N-dealkylation sites (tertiary alicyclic amines) is 1. The molecule has 0 bridgehead atoms. The van der Waals surface area contributed by atoms with Gasteiger partial charge in [0.25, 0.3) is 0 Å². The van der Waals surface area contributed by atoms with E-state index in [1.807, 2.05) is 17.0 Å². The number of piperidine rings is 1. The highest BCUT2D eigenvalue weighted by atomic mass is 16.5. The molecule has 0 N–H and O–H groups in total. The van der Waals surface area contributed by atoms with Crippen molar-refractivity contribution >= 4 is 5.91 Å². The van der Waals surface area contributed by atoms with Gasteiger partial charge >= 0.3 is 0 Å². The normalized spacial score (nSPS) is 19.3. The maximum atomic E-state index is 11.4. The summed E-state index contributed by atoms with van der Waals surface area (Å²) in [4.78, 5) is 13.4. The zero-order chi connectivity index (χ0) is 13.7. The molecule has 2 rings (SSSR count). The second kappa shape index (κ2) is 6.60. The summed E-state index contributed by atoms with van der Waals surface area (Å²) in [5.41, 5.74) is 1.32. The van der Waals surface area contributed by atoms with Crippen LogP contribution in [0.5, 0.6) is 5.75 Å². The summed E-state index contributed by atoms with van der Waals surface area (Å²) in [6.07, 6.45) is 4.60. The zero-order valence-corrected chi connectivity index (χ0v) is 11.9. The number of carbonyl (C=O) groups is 1. The van der Waals surface area contributed by atoms with Crippen LogP contribution in [0, 0.1) is 5.92 Å². The fourth-order valence-electron chi connectivity index (χ4n) is 2.79. The molecular weight excluding hydrogens is 238 g/mol. The number of rotatable bonds is 4. The van der Waals surface area contributed by atoms with Crippen molar-refractivity contribution in [3.63, 3.8) is 0 Å². The highest BCUT2D eigenvalue weighted by Crippen LogP contribution is 2.22. The number of methoxy groups -OCH3 is 1. The lowest BCUT2D eigenvalue weighted by atomic mass is 9.91. The Morgan fingerprint density at radius 3 is 3.05 bits per heavy atom. The molecule has 104 valence electrons. The molecule has 0 spiro atoms. The van der Waals surface area contributed by atoms with E-state index in [1.54, 1.807) is 14.0 Å². The summed E-state index contributed by atoms with van der Waals surface area (Å²) in [5.74, 6) is 1.78. The van der Waals surface area contributed by atoms with Crippen molar-refractivity contribution in [3.05, 3.63) is 29.8 Å². The van der Waals surface area contributed by atoms with Crippen molar-refractivity contribution in [2.45, 2.75) is 32.6 Å². The van der Waals surface area contributed by atoms with Gasteiger partial charge in [-0.3, -0.25) is 4.79 Å². The number of benzene rings is 1. The molecule has 1 aliphatic rings. The molecule has 1 unspecified atom stereocenters. The summed E-state index contributed by atoms with van der Waals surface area (Å²) < 4.78 is 5.24. The van der Waals surface area contributed by atoms with Gasteiger partial charge in [-0.1, -0.05) is 12.1 Å². The molecule has 1 fully saturated rings. The van der Waals surface area contributed by atoms with Gasteiger partial charge in [0.15, 0.2) is 0 Å². The minimum atomic E-state index is 0.214. The molecule has 1 atom stereocenters. The van der Waals surface area contributed by atoms with E-state index in [2.05, 4.69) is 12.1 Å². The quantitative estimate of drug-likeness (QED) is 0.834. The van der Waals surface area contributed by atoms with Gasteiger partial charge in [0, 0.05) is 20.0 Å². The van der Waals surface area contributed by atoms with Crippen LogP contribution in [0.2, 0.25) is 0 Å². The van der Waals surface area contributed by atoms with Crippen LogP contribution in [0.1, 0.15) is 31.7 Å². The smallest absolute Gasteiger partial charge is 0.219 e. The van der Waals surface area contributed by atoms with E-state index < -0.39 is 0 Å². The molecule has 3 heteroatoms. The van der Waals surface area contributed by atoms with Crippen LogP contribution in [0.4, 0.5) is 0 Å². The highest BCUT2D eigenvalue weighted by molar-refractivity contribution is 5.73. The average molecular weight is 261 g/mol. The lowest BCUT2D eigenvalue weighted by Crippen LogP contribution is -2.38. The SMILES string of the molecule is COc1cccc(CCC2CCCN(C(C)=O)C2)c1. The number of nitrogens with zero attached hydrogens (tertiary/aromatic N) is 1. The van der Waals surface area contributed by atoms with Crippen molar-refractivity contribution in [2.75, 3.05) is 20.2 Å². The Hall–Kier alpha value is -1.51. The Morgan fingerprint density at radius 1 is 1.47 bits per heavy atom. The number of amides is 1. The largest absolute Gasteiger partial charge is 0.497 e. The van der Waals surface area contributed by atoms with Crippen molar-refractivity contribution < 1.29 is 9.53 Å². The molecule has 0 radical (unpaired) electrons. The van der Waals surface area contributed by atoms with Crippen molar-refractivity contribution in [1.82, 2.24) is 4.90 Å². The topological polar surface area (TPSA) is 29.5 Å². The Bertz CT molecular complexity index is 431. The Kier molecular flexibility index (Phi) is 4.83. The monoisotopic (exact) mass is 261 g/mol. The lowest BCUT2D eigenvalue weighted by molar-refractivity contribution is -0.130. The van der Waals surface area contributed by atoms with Gasteiger partial charge in [0.05, 0.1) is 7.11 Å². The molecule has 0 aromatic heterocycles. The predicted octanol–water partition coefficient (Wildman–Crippen LogP) is 2.89. The maximum Gasteiger partial charge on any atom is 0.219 e. The van der Waals surface area contributed by atoms with Gasteiger partial charge in [-0.25, -0.2) is 0 Å². The van der Waals surface area contributed by atoms with Gasteiger partial charge in [-0.2, -0.15) is 0 Å². The predicted molar refractivity (Wildman–Crippen MR) is 76.3 cm³/mol. The zero-order valence-electron chi connectivity index (χ0n) is 11.9. The molecule has 0 saturated carbocycles. The maximum absolute atomic E-state index is 11.4. The van der Waals surface area contributed by atoms with E-state index in [9.17, 15) is 4.79 Å². The van der Waals surface area contributed by atoms with Crippen LogP contribution in [-0.2, 0) is 11.2 Å². The molecule has 0 aliphatic carbocycles. The molecule has 1 heterocycles. The fourth-order valence-corrected chi connectivity index (χ4v) is 2.79. The van der Waals surface area contributed by atoms with Crippen LogP contribution in [0.15, 0.2) is 24.3 Å². The second-order valence-corrected chi connectivity index (χ2v) is 5.36. The summed E-state index contributed by atoms with van der Waals surface area (Å²) in [6, 6.07) is 8.26. The summed E-state index contributed by atoms with van der Waals surface area (Å²) >= 11 is 0. The van der Waals surface area contributed by atoms with Crippen molar-refractivity contribution in [1.29, 1.82) is 0 Å². The summed E-state index contributed by atoms with van der Waals surface area (Å²) in [7, 11) is 1.70. The van der Waals surface area contributed by atoms with Gasteiger partial charge in [0.2, 0.25) is 5.91 Å². The van der Waals surface area contributed by atoms with E-state index >= 15 is 0 Å². The van der Waals surface area contributed by atoms with E-state index in [0.29, 0.717) is 5.92 Å². The standard InChI is InChI=1S/C16H23NO2/c1-13(18)17-10-4-6-15(12-17)9-8-14-5-3-7-16(11-14)19-2/h3,5,7,11,15H,4,6,8-10,12H2,1-2H3. The first-order valence-electron chi connectivity index (χ1n) is 7.07. The minimum Gasteiger partial charge on any atom is -0.497 e. The molecule has 1 aliphatic heterocycles. The second-order valence-electron chi connectivity index (χ2n) is 5.36. The molecule has 3 nitrogen and oxygen atoms in total. The molecule has 1 amide bonds. The summed E-state index contributed by atoms with van der Waals surface area (Å²) in [5, 5.41) is 0. The van der Waals surface area contributed by atoms with E-state index in [1.165, 1.54) is 12.0 Å². The third-order valence-electron chi connectivity index (χ3n) is 3.94. The minimum absolute atomic E-state index is 0.214. The number of aryl methyl sites for hydroxylation is 1. The highest BCUT2D eigenvalue weighted by Gasteiger charge is 2.21. The van der Waals surface area contributed by atoms with Gasteiger partial charge in [-0.05, 0) is 49.3 Å². The first-order valence-corrected chi connectivity index (χ1v) is 7.07. The van der Waals surface area contributed by atoms with Crippen LogP contribution in [-0.4, -0.2) is 31.0 Å². The Balaban J connectivity index is 1.86. The number of hydrogen-bond acceptors (Lipinski definition) is 2. The van der Waals surface area contributed by atoms with Gasteiger partial charge in [-0.15, -0.1) is 0 Å². The molecule has 19 heavy (non-hydrogen) atoms. The van der Waals surface area contributed by atoms with E-state index in [-0.39, 0.29) is 5.91 Å². The van der Waals surface area contributed by atoms with Crippen LogP contribution in [0.3, 0.4) is 0 Å². The molecule has 1 aromatic carbocycles. The van der Waals surface area contributed by atoms with Crippen molar-refractivity contribution in [2.24, 2.45) is 5.92 Å². The number of ether oxygens (including phenoxy) is 1. The van der Waals surface area contributed by atoms with E-state index in [4.69, 9.17) is 4.74 Å². The number of hydrogen-bond donors (Lipinski definition) is 0. The van der Waals surface area contributed by atoms with Crippen LogP contribution in [0.25, 0.3) is 0 Å². The van der Waals surface area contributed by atoms with Crippen molar-refractivity contribution in [3.8, 4) is 5.75 Å².